The van der Waals surface area contributed by atoms with Gasteiger partial charge in [0.05, 0.1) is 6.61 Å². The first kappa shape index (κ1) is 19.9. The summed E-state index contributed by atoms with van der Waals surface area (Å²) in [4.78, 5) is 12.4. The fourth-order valence-corrected chi connectivity index (χ4v) is 3.67. The molecule has 2 heterocycles. The van der Waals surface area contributed by atoms with E-state index in [1.807, 2.05) is 18.4 Å². The molecule has 0 saturated carbocycles. The zero-order chi connectivity index (χ0) is 18.1. The molecule has 1 aliphatic rings. The number of aliphatic hydroxyl groups is 1. The number of nitrogens with one attached hydrogen (secondary N) is 1. The first-order valence-electron chi connectivity index (χ1n) is 8.61. The van der Waals surface area contributed by atoms with Crippen molar-refractivity contribution in [1.82, 2.24) is 5.32 Å². The molecule has 6 nitrogen and oxygen atoms in total. The van der Waals surface area contributed by atoms with Gasteiger partial charge in [-0.2, -0.15) is 11.3 Å². The van der Waals surface area contributed by atoms with E-state index < -0.39 is 6.29 Å². The van der Waals surface area contributed by atoms with Crippen LogP contribution in [0.3, 0.4) is 0 Å². The average molecular weight is 369 g/mol. The molecule has 0 radical (unpaired) electrons. The molecule has 1 aromatic rings. The number of thiophene rings is 1. The minimum absolute atomic E-state index is 0.0197. The molecular formula is C18H27NO5S. The summed E-state index contributed by atoms with van der Waals surface area (Å²) in [5, 5.41) is 16.1. The van der Waals surface area contributed by atoms with Gasteiger partial charge >= 0.3 is 0 Å². The molecule has 0 unspecified atom stereocenters. The monoisotopic (exact) mass is 369 g/mol. The zero-order valence-corrected chi connectivity index (χ0v) is 15.6. The Morgan fingerprint density at radius 2 is 2.32 bits per heavy atom. The topological polar surface area (TPSA) is 77.0 Å². The molecule has 0 aromatic carbocycles. The van der Waals surface area contributed by atoms with E-state index >= 15 is 0 Å². The van der Waals surface area contributed by atoms with Crippen LogP contribution in [0.25, 0.3) is 0 Å². The molecule has 2 rings (SSSR count). The van der Waals surface area contributed by atoms with Gasteiger partial charge in [-0.05, 0) is 48.2 Å². The van der Waals surface area contributed by atoms with Crippen molar-refractivity contribution < 1.29 is 24.1 Å². The van der Waals surface area contributed by atoms with Gasteiger partial charge < -0.3 is 24.6 Å². The summed E-state index contributed by atoms with van der Waals surface area (Å²) in [6, 6.07) is 2.06. The molecule has 1 aromatic heterocycles. The van der Waals surface area contributed by atoms with E-state index in [0.717, 1.165) is 12.0 Å². The van der Waals surface area contributed by atoms with Crippen molar-refractivity contribution in [3.05, 3.63) is 34.2 Å². The molecule has 25 heavy (non-hydrogen) atoms. The molecule has 1 amide bonds. The predicted octanol–water partition coefficient (Wildman–Crippen LogP) is 2.26. The van der Waals surface area contributed by atoms with E-state index in [2.05, 4.69) is 16.8 Å². The summed E-state index contributed by atoms with van der Waals surface area (Å²) in [5.41, 5.74) is 1.14. The number of hydrogen-bond donors (Lipinski definition) is 2. The fourth-order valence-electron chi connectivity index (χ4n) is 2.96. The average Bonchev–Trinajstić information content (AvgIpc) is 3.15. The van der Waals surface area contributed by atoms with Gasteiger partial charge in [0, 0.05) is 38.7 Å². The normalized spacial score (nSPS) is 23.0. The predicted molar refractivity (Wildman–Crippen MR) is 96.3 cm³/mol. The fraction of sp³-hybridized carbons (Fsp3) is 0.611. The number of allylic oxidation sites excluding steroid dienone is 1. The lowest BCUT2D eigenvalue weighted by atomic mass is 9.81. The Labute approximate surface area is 152 Å². The lowest BCUT2D eigenvalue weighted by Gasteiger charge is -2.36. The van der Waals surface area contributed by atoms with Crippen LogP contribution in [0.5, 0.6) is 0 Å². The van der Waals surface area contributed by atoms with Gasteiger partial charge in [-0.3, -0.25) is 4.79 Å². The third-order valence-corrected chi connectivity index (χ3v) is 4.86. The Hall–Kier alpha value is -1.41. The second-order valence-corrected chi connectivity index (χ2v) is 6.61. The second kappa shape index (κ2) is 10.6. The van der Waals surface area contributed by atoms with Crippen LogP contribution in [0.15, 0.2) is 28.7 Å². The van der Waals surface area contributed by atoms with Gasteiger partial charge in [0.25, 0.3) is 5.91 Å². The number of rotatable bonds is 10. The first-order chi connectivity index (χ1) is 12.2. The third-order valence-electron chi connectivity index (χ3n) is 4.16. The van der Waals surface area contributed by atoms with Crippen molar-refractivity contribution in [3.8, 4) is 0 Å². The lowest BCUT2D eigenvalue weighted by molar-refractivity contribution is -0.166. The number of aliphatic hydroxyl groups excluding tert-OH is 1. The van der Waals surface area contributed by atoms with Gasteiger partial charge in [-0.25, -0.2) is 0 Å². The maximum absolute atomic E-state index is 12.4. The van der Waals surface area contributed by atoms with Crippen LogP contribution in [-0.2, 0) is 19.0 Å². The Balaban J connectivity index is 2.23. The minimum Gasteiger partial charge on any atom is -0.459 e. The molecule has 0 aliphatic carbocycles. The Bertz CT molecular complexity index is 546. The number of carbonyl (C=O) groups excluding carboxylic acids is 1. The van der Waals surface area contributed by atoms with Gasteiger partial charge in [-0.15, -0.1) is 0 Å². The number of methoxy groups -OCH3 is 1. The van der Waals surface area contributed by atoms with Crippen molar-refractivity contribution >= 4 is 17.2 Å². The molecule has 0 saturated heterocycles. The van der Waals surface area contributed by atoms with Crippen LogP contribution in [-0.4, -0.2) is 50.8 Å². The van der Waals surface area contributed by atoms with Gasteiger partial charge in [0.15, 0.2) is 5.76 Å². The Morgan fingerprint density at radius 3 is 2.96 bits per heavy atom. The second-order valence-electron chi connectivity index (χ2n) is 5.83. The summed E-state index contributed by atoms with van der Waals surface area (Å²) in [6.07, 6.45) is 2.80. The number of carbonyl (C=O) groups is 1. The molecule has 3 atom stereocenters. The SMILES string of the molecule is CCO[C@H]1OC(C(=O)NCCOC)=C[C@@H](c2ccsc2)[C@@H]1CCCO. The highest BCUT2D eigenvalue weighted by atomic mass is 32.1. The molecule has 0 bridgehead atoms. The van der Waals surface area contributed by atoms with Gasteiger partial charge in [0.1, 0.15) is 0 Å². The van der Waals surface area contributed by atoms with Gasteiger partial charge in [-0.1, -0.05) is 0 Å². The molecule has 2 N–H and O–H groups in total. The highest BCUT2D eigenvalue weighted by Gasteiger charge is 2.37. The summed E-state index contributed by atoms with van der Waals surface area (Å²) in [6.45, 7) is 3.39. The largest absolute Gasteiger partial charge is 0.459 e. The number of hydrogen-bond acceptors (Lipinski definition) is 6. The van der Waals surface area contributed by atoms with Crippen molar-refractivity contribution in [1.29, 1.82) is 0 Å². The van der Waals surface area contributed by atoms with E-state index in [0.29, 0.717) is 26.2 Å². The summed E-state index contributed by atoms with van der Waals surface area (Å²) >= 11 is 1.62. The maximum Gasteiger partial charge on any atom is 0.286 e. The summed E-state index contributed by atoms with van der Waals surface area (Å²) < 4.78 is 16.6. The van der Waals surface area contributed by atoms with Crippen LogP contribution < -0.4 is 5.32 Å². The summed E-state index contributed by atoms with van der Waals surface area (Å²) in [5.74, 6) is 0.0945. The van der Waals surface area contributed by atoms with E-state index in [1.165, 1.54) is 0 Å². The third kappa shape index (κ3) is 5.54. The van der Waals surface area contributed by atoms with Crippen LogP contribution >= 0.6 is 11.3 Å². The Kier molecular flexibility index (Phi) is 8.40. The number of ether oxygens (including phenoxy) is 3. The quantitative estimate of drug-likeness (QED) is 0.619. The highest BCUT2D eigenvalue weighted by Crippen LogP contribution is 2.39. The Morgan fingerprint density at radius 1 is 1.48 bits per heavy atom. The van der Waals surface area contributed by atoms with Crippen molar-refractivity contribution in [2.75, 3.05) is 33.5 Å². The zero-order valence-electron chi connectivity index (χ0n) is 14.8. The lowest BCUT2D eigenvalue weighted by Crippen LogP contribution is -2.39. The van der Waals surface area contributed by atoms with Crippen LogP contribution in [0.2, 0.25) is 0 Å². The molecule has 7 heteroatoms. The molecule has 140 valence electrons. The van der Waals surface area contributed by atoms with Crippen molar-refractivity contribution in [2.24, 2.45) is 5.92 Å². The van der Waals surface area contributed by atoms with Crippen LogP contribution in [0, 0.1) is 5.92 Å². The van der Waals surface area contributed by atoms with E-state index in [4.69, 9.17) is 14.2 Å². The molecular weight excluding hydrogens is 342 g/mol. The van der Waals surface area contributed by atoms with E-state index in [-0.39, 0.29) is 30.1 Å². The van der Waals surface area contributed by atoms with E-state index in [9.17, 15) is 9.90 Å². The van der Waals surface area contributed by atoms with Crippen molar-refractivity contribution in [2.45, 2.75) is 32.0 Å². The van der Waals surface area contributed by atoms with Crippen LogP contribution in [0.4, 0.5) is 0 Å². The minimum atomic E-state index is -0.505. The van der Waals surface area contributed by atoms with Crippen molar-refractivity contribution in [3.63, 3.8) is 0 Å². The molecule has 0 fully saturated rings. The smallest absolute Gasteiger partial charge is 0.286 e. The maximum atomic E-state index is 12.4. The van der Waals surface area contributed by atoms with E-state index in [1.54, 1.807) is 18.4 Å². The number of amides is 1. The van der Waals surface area contributed by atoms with Gasteiger partial charge in [0.2, 0.25) is 6.29 Å². The molecule has 1 aliphatic heterocycles. The van der Waals surface area contributed by atoms with Crippen LogP contribution in [0.1, 0.15) is 31.2 Å². The molecule has 0 spiro atoms. The summed E-state index contributed by atoms with van der Waals surface area (Å²) in [7, 11) is 1.59. The standard InChI is InChI=1S/C18H27NO5S/c1-3-23-18-14(5-4-8-20)15(13-6-10-25-12-13)11-16(24-18)17(21)19-7-9-22-2/h6,10-12,14-15,18,20H,3-5,7-9H2,1-2H3,(H,19,21)/t14-,15-,18-/m0/s1. The first-order valence-corrected chi connectivity index (χ1v) is 9.55. The highest BCUT2D eigenvalue weighted by molar-refractivity contribution is 7.08.